The second kappa shape index (κ2) is 11.8. The summed E-state index contributed by atoms with van der Waals surface area (Å²) in [7, 11) is 0. The quantitative estimate of drug-likeness (QED) is 0.470. The summed E-state index contributed by atoms with van der Waals surface area (Å²) in [6, 6.07) is 12.3. The van der Waals surface area contributed by atoms with Crippen molar-refractivity contribution in [3.63, 3.8) is 0 Å². The van der Waals surface area contributed by atoms with Crippen LogP contribution in [0.5, 0.6) is 5.75 Å². The smallest absolute Gasteiger partial charge is 0.261 e. The van der Waals surface area contributed by atoms with E-state index in [0.717, 1.165) is 36.8 Å². The number of nitrogens with one attached hydrogen (secondary N) is 1. The zero-order chi connectivity index (χ0) is 24.0. The van der Waals surface area contributed by atoms with Crippen molar-refractivity contribution in [1.82, 2.24) is 10.2 Å². The van der Waals surface area contributed by atoms with E-state index in [1.807, 2.05) is 24.3 Å². The molecule has 2 aromatic carbocycles. The molecular formula is C26H32Cl2N2O3. The van der Waals surface area contributed by atoms with Gasteiger partial charge < -0.3 is 15.0 Å². The van der Waals surface area contributed by atoms with E-state index >= 15 is 0 Å². The highest BCUT2D eigenvalue weighted by atomic mass is 35.5. The summed E-state index contributed by atoms with van der Waals surface area (Å²) in [5, 5.41) is 4.06. The molecule has 0 bridgehead atoms. The molecule has 7 heteroatoms. The Morgan fingerprint density at radius 1 is 1.09 bits per heavy atom. The highest BCUT2D eigenvalue weighted by Gasteiger charge is 2.29. The lowest BCUT2D eigenvalue weighted by atomic mass is 10.0. The number of hydrogen-bond donors (Lipinski definition) is 1. The number of hydrogen-bond acceptors (Lipinski definition) is 3. The van der Waals surface area contributed by atoms with Gasteiger partial charge in [-0.15, -0.1) is 0 Å². The van der Waals surface area contributed by atoms with Crippen molar-refractivity contribution in [2.75, 3.05) is 6.61 Å². The van der Waals surface area contributed by atoms with Crippen LogP contribution in [0.25, 0.3) is 0 Å². The molecule has 33 heavy (non-hydrogen) atoms. The van der Waals surface area contributed by atoms with Crippen LogP contribution in [0.2, 0.25) is 10.0 Å². The van der Waals surface area contributed by atoms with Crippen LogP contribution in [-0.4, -0.2) is 35.4 Å². The van der Waals surface area contributed by atoms with Crippen LogP contribution < -0.4 is 10.1 Å². The number of amides is 2. The SMILES string of the molecule is CC(C)c1ccccc1OCC(=O)N(Cc1ccc(Cl)cc1Cl)[C@H](C)C(=O)NC1CCCC1. The van der Waals surface area contributed by atoms with Crippen LogP contribution in [0.1, 0.15) is 63.5 Å². The van der Waals surface area contributed by atoms with Crippen LogP contribution in [0.4, 0.5) is 0 Å². The number of benzene rings is 2. The van der Waals surface area contributed by atoms with Gasteiger partial charge >= 0.3 is 0 Å². The fourth-order valence-corrected chi connectivity index (χ4v) is 4.59. The van der Waals surface area contributed by atoms with Crippen molar-refractivity contribution >= 4 is 35.0 Å². The molecule has 0 aliphatic heterocycles. The summed E-state index contributed by atoms with van der Waals surface area (Å²) in [6.45, 7) is 5.91. The average Bonchev–Trinajstić information content (AvgIpc) is 3.29. The second-order valence-corrected chi connectivity index (χ2v) is 9.75. The first-order valence-corrected chi connectivity index (χ1v) is 12.3. The van der Waals surface area contributed by atoms with E-state index in [1.165, 1.54) is 4.90 Å². The first kappa shape index (κ1) is 25.4. The van der Waals surface area contributed by atoms with Crippen LogP contribution in [0.3, 0.4) is 0 Å². The summed E-state index contributed by atoms with van der Waals surface area (Å²) in [4.78, 5) is 27.8. The number of carbonyl (C=O) groups is 2. The summed E-state index contributed by atoms with van der Waals surface area (Å²) in [5.74, 6) is 0.487. The molecule has 1 aliphatic rings. The Bertz CT molecular complexity index is 974. The Kier molecular flexibility index (Phi) is 9.04. The predicted molar refractivity (Wildman–Crippen MR) is 133 cm³/mol. The fourth-order valence-electron chi connectivity index (χ4n) is 4.12. The number of nitrogens with zero attached hydrogens (tertiary/aromatic N) is 1. The first-order valence-electron chi connectivity index (χ1n) is 11.5. The van der Waals surface area contributed by atoms with Gasteiger partial charge in [-0.3, -0.25) is 9.59 Å². The van der Waals surface area contributed by atoms with E-state index < -0.39 is 6.04 Å². The number of ether oxygens (including phenoxy) is 1. The standard InChI is InChI=1S/C26H32Cl2N2O3/c1-17(2)22-10-6-7-11-24(22)33-16-25(31)30(15-19-12-13-20(27)14-23(19)28)18(3)26(32)29-21-8-4-5-9-21/h6-7,10-14,17-18,21H,4-5,8-9,15-16H2,1-3H3,(H,29,32)/t18-/m1/s1. The highest BCUT2D eigenvalue weighted by molar-refractivity contribution is 6.35. The maximum atomic E-state index is 13.3. The highest BCUT2D eigenvalue weighted by Crippen LogP contribution is 2.27. The minimum atomic E-state index is -0.672. The molecule has 1 N–H and O–H groups in total. The van der Waals surface area contributed by atoms with E-state index in [9.17, 15) is 9.59 Å². The van der Waals surface area contributed by atoms with E-state index in [1.54, 1.807) is 25.1 Å². The van der Waals surface area contributed by atoms with Crippen molar-refractivity contribution in [3.05, 3.63) is 63.6 Å². The molecular weight excluding hydrogens is 459 g/mol. The molecule has 0 radical (unpaired) electrons. The second-order valence-electron chi connectivity index (χ2n) is 8.90. The molecule has 0 saturated heterocycles. The van der Waals surface area contributed by atoms with Crippen molar-refractivity contribution in [3.8, 4) is 5.75 Å². The number of rotatable bonds is 9. The number of halogens is 2. The van der Waals surface area contributed by atoms with Gasteiger partial charge in [-0.2, -0.15) is 0 Å². The minimum absolute atomic E-state index is 0.164. The van der Waals surface area contributed by atoms with E-state index in [-0.39, 0.29) is 36.9 Å². The van der Waals surface area contributed by atoms with Crippen molar-refractivity contribution in [2.24, 2.45) is 0 Å². The van der Waals surface area contributed by atoms with Gasteiger partial charge in [0.2, 0.25) is 5.91 Å². The van der Waals surface area contributed by atoms with Crippen LogP contribution in [0, 0.1) is 0 Å². The lowest BCUT2D eigenvalue weighted by molar-refractivity contribution is -0.142. The Morgan fingerprint density at radius 3 is 2.45 bits per heavy atom. The van der Waals surface area contributed by atoms with Gasteiger partial charge in [0, 0.05) is 22.6 Å². The molecule has 0 unspecified atom stereocenters. The van der Waals surface area contributed by atoms with Crippen molar-refractivity contribution in [1.29, 1.82) is 0 Å². The summed E-state index contributed by atoms with van der Waals surface area (Å²) in [5.41, 5.74) is 1.75. The summed E-state index contributed by atoms with van der Waals surface area (Å²) >= 11 is 12.4. The molecule has 3 rings (SSSR count). The number of carbonyl (C=O) groups excluding carboxylic acids is 2. The lowest BCUT2D eigenvalue weighted by Crippen LogP contribution is -2.50. The number of para-hydroxylation sites is 1. The molecule has 0 heterocycles. The van der Waals surface area contributed by atoms with Gasteiger partial charge in [-0.1, -0.05) is 74.2 Å². The van der Waals surface area contributed by atoms with Gasteiger partial charge in [0.25, 0.3) is 5.91 Å². The molecule has 0 spiro atoms. The summed E-state index contributed by atoms with van der Waals surface area (Å²) in [6.07, 6.45) is 4.19. The van der Waals surface area contributed by atoms with Crippen LogP contribution in [0.15, 0.2) is 42.5 Å². The molecule has 2 aromatic rings. The Balaban J connectivity index is 1.77. The zero-order valence-electron chi connectivity index (χ0n) is 19.4. The van der Waals surface area contributed by atoms with E-state index in [4.69, 9.17) is 27.9 Å². The molecule has 1 saturated carbocycles. The van der Waals surface area contributed by atoms with E-state index in [0.29, 0.717) is 15.8 Å². The zero-order valence-corrected chi connectivity index (χ0v) is 21.0. The monoisotopic (exact) mass is 490 g/mol. The Labute approximate surface area is 206 Å². The van der Waals surface area contributed by atoms with Crippen LogP contribution in [-0.2, 0) is 16.1 Å². The molecule has 1 fully saturated rings. The fraction of sp³-hybridized carbons (Fsp3) is 0.462. The largest absolute Gasteiger partial charge is 0.483 e. The maximum Gasteiger partial charge on any atom is 0.261 e. The maximum absolute atomic E-state index is 13.3. The molecule has 2 amide bonds. The van der Waals surface area contributed by atoms with Crippen molar-refractivity contribution in [2.45, 2.75) is 71.0 Å². The molecule has 5 nitrogen and oxygen atoms in total. The first-order chi connectivity index (χ1) is 15.8. The van der Waals surface area contributed by atoms with Crippen molar-refractivity contribution < 1.29 is 14.3 Å². The van der Waals surface area contributed by atoms with Gasteiger partial charge in [0.1, 0.15) is 11.8 Å². The predicted octanol–water partition coefficient (Wildman–Crippen LogP) is 5.97. The normalized spacial score (nSPS) is 14.8. The van der Waals surface area contributed by atoms with Crippen LogP contribution >= 0.6 is 23.2 Å². The molecule has 0 aromatic heterocycles. The Morgan fingerprint density at radius 2 is 1.79 bits per heavy atom. The molecule has 1 aliphatic carbocycles. The van der Waals surface area contributed by atoms with Gasteiger partial charge in [-0.05, 0) is 55.0 Å². The minimum Gasteiger partial charge on any atom is -0.483 e. The molecule has 1 atom stereocenters. The van der Waals surface area contributed by atoms with E-state index in [2.05, 4.69) is 19.2 Å². The topological polar surface area (TPSA) is 58.6 Å². The lowest BCUT2D eigenvalue weighted by Gasteiger charge is -2.30. The molecule has 178 valence electrons. The Hall–Kier alpha value is -2.24. The third-order valence-corrected chi connectivity index (χ3v) is 6.70. The van der Waals surface area contributed by atoms with Gasteiger partial charge in [-0.25, -0.2) is 0 Å². The third-order valence-electron chi connectivity index (χ3n) is 6.12. The summed E-state index contributed by atoms with van der Waals surface area (Å²) < 4.78 is 5.91. The average molecular weight is 491 g/mol. The van der Waals surface area contributed by atoms with Gasteiger partial charge in [0.05, 0.1) is 0 Å². The third kappa shape index (κ3) is 6.87. The van der Waals surface area contributed by atoms with Gasteiger partial charge in [0.15, 0.2) is 6.61 Å².